The van der Waals surface area contributed by atoms with Crippen molar-refractivity contribution in [1.29, 1.82) is 0 Å². The molecular weight excluding hydrogens is 458 g/mol. The number of carbonyl (C=O) groups is 2. The monoisotopic (exact) mass is 481 g/mol. The van der Waals surface area contributed by atoms with Gasteiger partial charge >= 0.3 is 5.97 Å². The summed E-state index contributed by atoms with van der Waals surface area (Å²) in [6, 6.07) is 14.0. The van der Waals surface area contributed by atoms with Crippen molar-refractivity contribution in [3.8, 4) is 0 Å². The highest BCUT2D eigenvalue weighted by molar-refractivity contribution is 6.30. The minimum Gasteiger partial charge on any atom is -0.475 e. The van der Waals surface area contributed by atoms with Crippen LogP contribution in [0, 0.1) is 0 Å². The lowest BCUT2D eigenvalue weighted by atomic mass is 10.1. The van der Waals surface area contributed by atoms with Crippen LogP contribution in [0.1, 0.15) is 21.0 Å². The number of aromatic nitrogens is 2. The Balaban J connectivity index is 1.29. The number of aromatic carboxylic acids is 1. The van der Waals surface area contributed by atoms with Gasteiger partial charge in [-0.05, 0) is 36.4 Å². The maximum Gasteiger partial charge on any atom is 0.374 e. The van der Waals surface area contributed by atoms with Crippen molar-refractivity contribution >= 4 is 40.2 Å². The lowest BCUT2D eigenvalue weighted by Crippen LogP contribution is -2.54. The number of nitrogens with zero attached hydrogens (tertiary/aromatic N) is 5. The zero-order valence-corrected chi connectivity index (χ0v) is 19.1. The predicted octanol–water partition coefficient (Wildman–Crippen LogP) is 1.99. The van der Waals surface area contributed by atoms with Crippen molar-refractivity contribution in [3.05, 3.63) is 64.9 Å². The number of benzene rings is 2. The highest BCUT2D eigenvalue weighted by Crippen LogP contribution is 2.29. The molecule has 2 saturated heterocycles. The van der Waals surface area contributed by atoms with Crippen LogP contribution in [-0.2, 0) is 0 Å². The number of aliphatic hydroxyl groups excluding tert-OH is 1. The van der Waals surface area contributed by atoms with Gasteiger partial charge in [0.1, 0.15) is 5.82 Å². The van der Waals surface area contributed by atoms with E-state index in [4.69, 9.17) is 11.6 Å². The molecule has 9 nitrogen and oxygen atoms in total. The van der Waals surface area contributed by atoms with Gasteiger partial charge in [-0.15, -0.1) is 0 Å². The van der Waals surface area contributed by atoms with E-state index >= 15 is 0 Å². The van der Waals surface area contributed by atoms with E-state index in [2.05, 4.69) is 14.9 Å². The number of β-amino-alcohol motifs (C(OH)–C–C–N with tert-alkyl or cyclic N) is 1. The van der Waals surface area contributed by atoms with E-state index in [1.165, 1.54) is 0 Å². The van der Waals surface area contributed by atoms with Crippen molar-refractivity contribution in [3.63, 3.8) is 0 Å². The van der Waals surface area contributed by atoms with E-state index in [1.807, 2.05) is 21.9 Å². The molecule has 0 aliphatic carbocycles. The number of anilines is 1. The van der Waals surface area contributed by atoms with E-state index in [-0.39, 0.29) is 17.8 Å². The Labute approximate surface area is 201 Å². The first-order valence-corrected chi connectivity index (χ1v) is 11.5. The molecule has 5 rings (SSSR count). The van der Waals surface area contributed by atoms with Crippen LogP contribution in [0.5, 0.6) is 0 Å². The summed E-state index contributed by atoms with van der Waals surface area (Å²) >= 11 is 5.92. The SMILES string of the molecule is O=C(O)c1nc(N2C[C@@H](O)[C@H](N3CCN(C(=O)c4ccc(Cl)cc4)CC3)C2)c2ccccc2n1. The standard InChI is InChI=1S/C24H24ClN5O4/c25-16-7-5-15(6-8-16)23(32)29-11-9-28(10-12-29)19-13-30(14-20(19)31)22-17-3-1-2-4-18(17)26-21(27-22)24(33)34/h1-8,19-20,31H,9-14H2,(H,33,34)/t19-,20-/m1/s1. The van der Waals surface area contributed by atoms with Crippen molar-refractivity contribution in [2.75, 3.05) is 44.2 Å². The molecule has 0 unspecified atom stereocenters. The molecule has 3 aromatic rings. The predicted molar refractivity (Wildman–Crippen MR) is 127 cm³/mol. The molecule has 0 spiro atoms. The lowest BCUT2D eigenvalue weighted by molar-refractivity contribution is 0.0376. The Morgan fingerprint density at radius 2 is 1.65 bits per heavy atom. The van der Waals surface area contributed by atoms with Crippen LogP contribution in [0.15, 0.2) is 48.5 Å². The molecule has 1 aromatic heterocycles. The molecule has 0 bridgehead atoms. The number of carbonyl (C=O) groups excluding carboxylic acids is 1. The second kappa shape index (κ2) is 9.17. The summed E-state index contributed by atoms with van der Waals surface area (Å²) in [7, 11) is 0. The number of fused-ring (bicyclic) bond motifs is 1. The van der Waals surface area contributed by atoms with Crippen molar-refractivity contribution in [2.45, 2.75) is 12.1 Å². The summed E-state index contributed by atoms with van der Waals surface area (Å²) in [5, 5.41) is 21.7. The molecule has 10 heteroatoms. The Bertz CT molecular complexity index is 1230. The zero-order chi connectivity index (χ0) is 23.8. The van der Waals surface area contributed by atoms with Gasteiger partial charge in [0.25, 0.3) is 5.91 Å². The number of hydrogen-bond donors (Lipinski definition) is 2. The number of piperazine rings is 1. The normalized spacial score (nSPS) is 21.2. The fraction of sp³-hybridized carbons (Fsp3) is 0.333. The second-order valence-corrected chi connectivity index (χ2v) is 9.00. The summed E-state index contributed by atoms with van der Waals surface area (Å²) in [6.07, 6.45) is -0.625. The van der Waals surface area contributed by atoms with Gasteiger partial charge < -0.3 is 20.0 Å². The first-order chi connectivity index (χ1) is 16.4. The zero-order valence-electron chi connectivity index (χ0n) is 18.3. The third-order valence-electron chi connectivity index (χ3n) is 6.49. The smallest absolute Gasteiger partial charge is 0.374 e. The molecule has 34 heavy (non-hydrogen) atoms. The quantitative estimate of drug-likeness (QED) is 0.582. The van der Waals surface area contributed by atoms with Gasteiger partial charge in [0.2, 0.25) is 5.82 Å². The van der Waals surface area contributed by atoms with Crippen LogP contribution in [0.25, 0.3) is 10.9 Å². The van der Waals surface area contributed by atoms with Crippen LogP contribution in [0.4, 0.5) is 5.82 Å². The maximum atomic E-state index is 12.8. The average Bonchev–Trinajstić information content (AvgIpc) is 3.24. The second-order valence-electron chi connectivity index (χ2n) is 8.57. The van der Waals surface area contributed by atoms with Gasteiger partial charge in [-0.1, -0.05) is 23.7 Å². The molecule has 2 N–H and O–H groups in total. The molecule has 0 saturated carbocycles. The number of carboxylic acid groups (broad SMARTS) is 1. The highest BCUT2D eigenvalue weighted by atomic mass is 35.5. The minimum atomic E-state index is -1.19. The van der Waals surface area contributed by atoms with Crippen molar-refractivity contribution in [2.24, 2.45) is 0 Å². The number of halogens is 1. The largest absolute Gasteiger partial charge is 0.475 e. The Morgan fingerprint density at radius 3 is 2.35 bits per heavy atom. The van der Waals surface area contributed by atoms with Gasteiger partial charge in [-0.2, -0.15) is 0 Å². The number of hydrogen-bond acceptors (Lipinski definition) is 7. The summed E-state index contributed by atoms with van der Waals surface area (Å²) in [4.78, 5) is 38.7. The molecule has 1 amide bonds. The average molecular weight is 482 g/mol. The maximum absolute atomic E-state index is 12.8. The van der Waals surface area contributed by atoms with Crippen LogP contribution in [0.3, 0.4) is 0 Å². The third-order valence-corrected chi connectivity index (χ3v) is 6.75. The molecule has 3 heterocycles. The number of para-hydroxylation sites is 1. The molecule has 2 aliphatic rings. The van der Waals surface area contributed by atoms with Gasteiger partial charge in [0.15, 0.2) is 0 Å². The van der Waals surface area contributed by atoms with E-state index in [0.29, 0.717) is 61.2 Å². The molecule has 2 aromatic carbocycles. The van der Waals surface area contributed by atoms with Crippen LogP contribution < -0.4 is 4.90 Å². The Kier molecular flexibility index (Phi) is 6.07. The number of carboxylic acids is 1. The van der Waals surface area contributed by atoms with Gasteiger partial charge in [-0.25, -0.2) is 14.8 Å². The minimum absolute atomic E-state index is 0.0291. The first kappa shape index (κ1) is 22.5. The van der Waals surface area contributed by atoms with Crippen LogP contribution >= 0.6 is 11.6 Å². The fourth-order valence-corrected chi connectivity index (χ4v) is 4.86. The summed E-state index contributed by atoms with van der Waals surface area (Å²) in [6.45, 7) is 3.25. The first-order valence-electron chi connectivity index (χ1n) is 11.1. The van der Waals surface area contributed by atoms with E-state index < -0.39 is 12.1 Å². The summed E-state index contributed by atoms with van der Waals surface area (Å²) < 4.78 is 0. The molecule has 0 radical (unpaired) electrons. The summed E-state index contributed by atoms with van der Waals surface area (Å²) in [5.41, 5.74) is 1.16. The number of amides is 1. The molecule has 176 valence electrons. The Morgan fingerprint density at radius 1 is 0.941 bits per heavy atom. The lowest BCUT2D eigenvalue weighted by Gasteiger charge is -2.38. The van der Waals surface area contributed by atoms with E-state index in [0.717, 1.165) is 5.39 Å². The number of rotatable bonds is 4. The molecule has 2 atom stereocenters. The van der Waals surface area contributed by atoms with Crippen molar-refractivity contribution < 1.29 is 19.8 Å². The molecule has 2 fully saturated rings. The highest BCUT2D eigenvalue weighted by Gasteiger charge is 2.38. The Hall–Kier alpha value is -3.27. The fourth-order valence-electron chi connectivity index (χ4n) is 4.73. The molecule has 2 aliphatic heterocycles. The van der Waals surface area contributed by atoms with Crippen LogP contribution in [0.2, 0.25) is 5.02 Å². The van der Waals surface area contributed by atoms with Crippen LogP contribution in [-0.4, -0.2) is 93.3 Å². The van der Waals surface area contributed by atoms with E-state index in [9.17, 15) is 19.8 Å². The summed E-state index contributed by atoms with van der Waals surface area (Å²) in [5.74, 6) is -0.967. The van der Waals surface area contributed by atoms with Gasteiger partial charge in [0.05, 0.1) is 17.7 Å². The van der Waals surface area contributed by atoms with Gasteiger partial charge in [0, 0.05) is 55.2 Å². The molecular formula is C24H24ClN5O4. The van der Waals surface area contributed by atoms with E-state index in [1.54, 1.807) is 36.4 Å². The van der Waals surface area contributed by atoms with Gasteiger partial charge in [-0.3, -0.25) is 9.69 Å². The van der Waals surface area contributed by atoms with Crippen molar-refractivity contribution in [1.82, 2.24) is 19.8 Å². The topological polar surface area (TPSA) is 110 Å². The number of aliphatic hydroxyl groups is 1. The third kappa shape index (κ3) is 4.29.